The van der Waals surface area contributed by atoms with Gasteiger partial charge in [-0.25, -0.2) is 8.42 Å². The number of nitrogens with one attached hydrogen (secondary N) is 1. The van der Waals surface area contributed by atoms with Crippen molar-refractivity contribution in [1.29, 1.82) is 0 Å². The largest absolute Gasteiger partial charge is 0.350 e. The normalized spacial score (nSPS) is 21.7. The van der Waals surface area contributed by atoms with Crippen molar-refractivity contribution in [2.24, 2.45) is 0 Å². The molecule has 0 unspecified atom stereocenters. The van der Waals surface area contributed by atoms with E-state index in [1.54, 1.807) is 31.2 Å². The van der Waals surface area contributed by atoms with Crippen molar-refractivity contribution < 1.29 is 18.0 Å². The van der Waals surface area contributed by atoms with Crippen LogP contribution in [0.3, 0.4) is 0 Å². The maximum absolute atomic E-state index is 12.9. The third-order valence-electron chi connectivity index (χ3n) is 4.46. The van der Waals surface area contributed by atoms with Crippen molar-refractivity contribution >= 4 is 33.4 Å². The lowest BCUT2D eigenvalue weighted by molar-refractivity contribution is -0.152. The van der Waals surface area contributed by atoms with Crippen LogP contribution in [0.15, 0.2) is 24.3 Å². The number of hydrogen-bond donors (Lipinski definition) is 1. The second-order valence-electron chi connectivity index (χ2n) is 6.66. The minimum absolute atomic E-state index is 0.0655. The Hall–Kier alpha value is -1.64. The molecule has 26 heavy (non-hydrogen) atoms. The lowest BCUT2D eigenvalue weighted by Crippen LogP contribution is -2.69. The monoisotopic (exact) mass is 401 g/mol. The van der Waals surface area contributed by atoms with E-state index in [0.29, 0.717) is 18.0 Å². The van der Waals surface area contributed by atoms with E-state index in [2.05, 4.69) is 5.32 Å². The predicted octanol–water partition coefficient (Wildman–Crippen LogP) is 1.23. The zero-order chi connectivity index (χ0) is 19.5. The first-order valence-corrected chi connectivity index (χ1v) is 10.6. The Kier molecular flexibility index (Phi) is 6.31. The van der Waals surface area contributed by atoms with E-state index in [1.807, 2.05) is 6.92 Å². The number of sulfonamides is 1. The van der Waals surface area contributed by atoms with Crippen LogP contribution in [0, 0.1) is 0 Å². The molecule has 1 aromatic carbocycles. The fourth-order valence-electron chi connectivity index (χ4n) is 3.00. The number of amides is 2. The van der Waals surface area contributed by atoms with E-state index in [-0.39, 0.29) is 31.4 Å². The van der Waals surface area contributed by atoms with Crippen molar-refractivity contribution in [3.05, 3.63) is 34.9 Å². The summed E-state index contributed by atoms with van der Waals surface area (Å²) in [6.45, 7) is 3.86. The number of carbonyl (C=O) groups excluding carboxylic acids is 2. The van der Waals surface area contributed by atoms with Crippen LogP contribution < -0.4 is 5.32 Å². The average Bonchev–Trinajstić information content (AvgIpc) is 2.56. The molecule has 0 radical (unpaired) electrons. The molecule has 9 heteroatoms. The third kappa shape index (κ3) is 4.55. The SMILES string of the molecule is CCCN1C(=O)CN(S(C)(=O)=O)C[C@]1(C)C(=O)NCc1ccc(Cl)cc1. The van der Waals surface area contributed by atoms with Crippen LogP contribution in [0.2, 0.25) is 5.02 Å². The van der Waals surface area contributed by atoms with Crippen LogP contribution >= 0.6 is 11.6 Å². The van der Waals surface area contributed by atoms with E-state index in [1.165, 1.54) is 4.90 Å². The van der Waals surface area contributed by atoms with Gasteiger partial charge < -0.3 is 10.2 Å². The molecule has 1 saturated heterocycles. The third-order valence-corrected chi connectivity index (χ3v) is 5.91. The van der Waals surface area contributed by atoms with Gasteiger partial charge in [-0.3, -0.25) is 9.59 Å². The van der Waals surface area contributed by atoms with E-state index in [4.69, 9.17) is 11.6 Å². The van der Waals surface area contributed by atoms with Crippen LogP contribution in [0.4, 0.5) is 0 Å². The molecule has 0 bridgehead atoms. The fraction of sp³-hybridized carbons (Fsp3) is 0.529. The minimum Gasteiger partial charge on any atom is -0.350 e. The molecule has 1 N–H and O–H groups in total. The van der Waals surface area contributed by atoms with Gasteiger partial charge in [-0.05, 0) is 31.0 Å². The number of rotatable bonds is 6. The predicted molar refractivity (Wildman–Crippen MR) is 100 cm³/mol. The second kappa shape index (κ2) is 7.94. The van der Waals surface area contributed by atoms with Gasteiger partial charge in [0.15, 0.2) is 0 Å². The summed E-state index contributed by atoms with van der Waals surface area (Å²) in [6, 6.07) is 7.04. The molecule has 1 atom stereocenters. The molecule has 1 aliphatic rings. The minimum atomic E-state index is -3.58. The van der Waals surface area contributed by atoms with E-state index >= 15 is 0 Å². The summed E-state index contributed by atoms with van der Waals surface area (Å²) >= 11 is 5.85. The smallest absolute Gasteiger partial charge is 0.247 e. The first-order valence-electron chi connectivity index (χ1n) is 8.36. The number of halogens is 1. The summed E-state index contributed by atoms with van der Waals surface area (Å²) in [5.74, 6) is -0.754. The first kappa shape index (κ1) is 20.7. The van der Waals surface area contributed by atoms with E-state index in [0.717, 1.165) is 16.1 Å². The second-order valence-corrected chi connectivity index (χ2v) is 9.08. The van der Waals surface area contributed by atoms with E-state index < -0.39 is 15.6 Å². The Morgan fingerprint density at radius 2 is 1.92 bits per heavy atom. The van der Waals surface area contributed by atoms with Crippen LogP contribution in [0.25, 0.3) is 0 Å². The highest BCUT2D eigenvalue weighted by atomic mass is 35.5. The van der Waals surface area contributed by atoms with Crippen LogP contribution in [0.5, 0.6) is 0 Å². The standard InChI is InChI=1S/C17H24ClN3O4S/c1-4-9-21-15(22)11-20(26(3,24)25)12-17(21,2)16(23)19-10-13-5-7-14(18)8-6-13/h5-8H,4,9-12H2,1-3H3,(H,19,23)/t17-/m1/s1. The highest BCUT2D eigenvalue weighted by Gasteiger charge is 2.48. The summed E-state index contributed by atoms with van der Waals surface area (Å²) in [6.07, 6.45) is 1.71. The van der Waals surface area contributed by atoms with Gasteiger partial charge in [0, 0.05) is 24.7 Å². The van der Waals surface area contributed by atoms with Crippen LogP contribution in [-0.2, 0) is 26.2 Å². The quantitative estimate of drug-likeness (QED) is 0.776. The Morgan fingerprint density at radius 3 is 2.46 bits per heavy atom. The zero-order valence-corrected chi connectivity index (χ0v) is 16.7. The number of carbonyl (C=O) groups is 2. The van der Waals surface area contributed by atoms with Gasteiger partial charge in [0.2, 0.25) is 21.8 Å². The molecule has 1 aromatic rings. The number of piperazine rings is 1. The van der Waals surface area contributed by atoms with E-state index in [9.17, 15) is 18.0 Å². The van der Waals surface area contributed by atoms with Gasteiger partial charge in [-0.1, -0.05) is 30.7 Å². The van der Waals surface area contributed by atoms with Gasteiger partial charge in [-0.15, -0.1) is 0 Å². The molecule has 0 aromatic heterocycles. The van der Waals surface area contributed by atoms with Gasteiger partial charge in [0.1, 0.15) is 5.54 Å². The summed E-state index contributed by atoms with van der Waals surface area (Å²) < 4.78 is 24.9. The molecule has 2 amide bonds. The lowest BCUT2D eigenvalue weighted by atomic mass is 9.95. The van der Waals surface area contributed by atoms with Crippen LogP contribution in [-0.4, -0.2) is 60.9 Å². The molecule has 0 saturated carbocycles. The fourth-order valence-corrected chi connectivity index (χ4v) is 3.95. The molecule has 7 nitrogen and oxygen atoms in total. The van der Waals surface area contributed by atoms with Gasteiger partial charge in [-0.2, -0.15) is 4.31 Å². The van der Waals surface area contributed by atoms with Crippen molar-refractivity contribution in [3.8, 4) is 0 Å². The number of benzene rings is 1. The Balaban J connectivity index is 2.22. The molecular formula is C17H24ClN3O4S. The highest BCUT2D eigenvalue weighted by molar-refractivity contribution is 7.88. The molecule has 2 rings (SSSR count). The Labute approximate surface area is 159 Å². The summed E-state index contributed by atoms with van der Waals surface area (Å²) in [5.41, 5.74) is -0.406. The molecule has 1 fully saturated rings. The van der Waals surface area contributed by atoms with Crippen molar-refractivity contribution in [2.75, 3.05) is 25.9 Å². The molecular weight excluding hydrogens is 378 g/mol. The lowest BCUT2D eigenvalue weighted by Gasteiger charge is -2.46. The molecule has 0 aliphatic carbocycles. The molecule has 1 aliphatic heterocycles. The molecule has 144 valence electrons. The summed E-state index contributed by atoms with van der Waals surface area (Å²) in [7, 11) is -3.58. The van der Waals surface area contributed by atoms with Crippen molar-refractivity contribution in [2.45, 2.75) is 32.4 Å². The van der Waals surface area contributed by atoms with Crippen molar-refractivity contribution in [1.82, 2.24) is 14.5 Å². The number of nitrogens with zero attached hydrogens (tertiary/aromatic N) is 2. The van der Waals surface area contributed by atoms with Crippen molar-refractivity contribution in [3.63, 3.8) is 0 Å². The van der Waals surface area contributed by atoms with Crippen LogP contribution in [0.1, 0.15) is 25.8 Å². The first-order chi connectivity index (χ1) is 12.1. The Bertz CT molecular complexity index is 782. The topological polar surface area (TPSA) is 86.8 Å². The maximum Gasteiger partial charge on any atom is 0.247 e. The average molecular weight is 402 g/mol. The number of hydrogen-bond acceptors (Lipinski definition) is 4. The molecule has 1 heterocycles. The summed E-state index contributed by atoms with van der Waals surface area (Å²) in [5, 5.41) is 3.41. The summed E-state index contributed by atoms with van der Waals surface area (Å²) in [4.78, 5) is 26.9. The highest BCUT2D eigenvalue weighted by Crippen LogP contribution is 2.25. The zero-order valence-electron chi connectivity index (χ0n) is 15.2. The van der Waals surface area contributed by atoms with Gasteiger partial charge in [0.25, 0.3) is 0 Å². The van der Waals surface area contributed by atoms with Gasteiger partial charge >= 0.3 is 0 Å². The Morgan fingerprint density at radius 1 is 1.31 bits per heavy atom. The van der Waals surface area contributed by atoms with Gasteiger partial charge in [0.05, 0.1) is 12.8 Å². The maximum atomic E-state index is 12.9. The molecule has 0 spiro atoms.